The summed E-state index contributed by atoms with van der Waals surface area (Å²) in [6.07, 6.45) is 1.34. The van der Waals surface area contributed by atoms with Crippen LogP contribution in [-0.4, -0.2) is 39.9 Å². The molecular formula is C22H21N3O6S. The topological polar surface area (TPSA) is 126 Å². The Kier molecular flexibility index (Phi) is 6.96. The predicted octanol–water partition coefficient (Wildman–Crippen LogP) is 2.97. The van der Waals surface area contributed by atoms with Gasteiger partial charge in [-0.2, -0.15) is 5.10 Å². The number of phenols is 1. The number of nitrogens with one attached hydrogen (secondary N) is 2. The summed E-state index contributed by atoms with van der Waals surface area (Å²) in [6.45, 7) is 0. The molecule has 32 heavy (non-hydrogen) atoms. The molecule has 0 aliphatic rings. The van der Waals surface area contributed by atoms with E-state index in [0.29, 0.717) is 22.7 Å². The summed E-state index contributed by atoms with van der Waals surface area (Å²) in [5.74, 6) is 0.245. The maximum atomic E-state index is 12.7. The Morgan fingerprint density at radius 1 is 1.00 bits per heavy atom. The molecule has 0 aliphatic carbocycles. The van der Waals surface area contributed by atoms with Crippen LogP contribution in [0.1, 0.15) is 15.9 Å². The van der Waals surface area contributed by atoms with Crippen molar-refractivity contribution in [2.24, 2.45) is 5.10 Å². The highest BCUT2D eigenvalue weighted by molar-refractivity contribution is 7.92. The van der Waals surface area contributed by atoms with Gasteiger partial charge in [0, 0.05) is 11.3 Å². The van der Waals surface area contributed by atoms with Gasteiger partial charge >= 0.3 is 0 Å². The lowest BCUT2D eigenvalue weighted by Gasteiger charge is -2.10. The number of phenolic OH excluding ortho intramolecular Hbond substituents is 1. The van der Waals surface area contributed by atoms with Gasteiger partial charge in [-0.25, -0.2) is 13.8 Å². The van der Waals surface area contributed by atoms with Gasteiger partial charge in [-0.05, 0) is 66.2 Å². The van der Waals surface area contributed by atoms with Gasteiger partial charge in [-0.3, -0.25) is 9.52 Å². The number of ether oxygens (including phenoxy) is 2. The monoisotopic (exact) mass is 455 g/mol. The number of hydrazone groups is 1. The van der Waals surface area contributed by atoms with Gasteiger partial charge in [-0.15, -0.1) is 0 Å². The average Bonchev–Trinajstić information content (AvgIpc) is 2.79. The van der Waals surface area contributed by atoms with E-state index >= 15 is 0 Å². The molecule has 166 valence electrons. The van der Waals surface area contributed by atoms with Crippen LogP contribution in [0.2, 0.25) is 0 Å². The van der Waals surface area contributed by atoms with Crippen molar-refractivity contribution in [1.82, 2.24) is 5.43 Å². The molecule has 0 saturated carbocycles. The van der Waals surface area contributed by atoms with Gasteiger partial charge in [0.2, 0.25) is 0 Å². The third kappa shape index (κ3) is 5.55. The van der Waals surface area contributed by atoms with Gasteiger partial charge in [0.1, 0.15) is 5.75 Å². The molecule has 3 rings (SSSR count). The number of benzene rings is 3. The molecule has 10 heteroatoms. The van der Waals surface area contributed by atoms with Crippen molar-refractivity contribution in [2.45, 2.75) is 4.90 Å². The van der Waals surface area contributed by atoms with Crippen LogP contribution in [0, 0.1) is 0 Å². The lowest BCUT2D eigenvalue weighted by molar-refractivity contribution is 0.0955. The standard InChI is InChI=1S/C22H21N3O6S/c1-30-18-9-7-17(8-10-18)25-32(28,29)19-5-3-4-16(13-19)22(27)24-23-14-15-6-11-21(31-2)20(26)12-15/h3-14,25-26H,1-2H3,(H,24,27)/b23-14-. The van der Waals surface area contributed by atoms with Crippen LogP contribution in [-0.2, 0) is 10.0 Å². The van der Waals surface area contributed by atoms with E-state index in [4.69, 9.17) is 9.47 Å². The second kappa shape index (κ2) is 9.84. The smallest absolute Gasteiger partial charge is 0.271 e. The highest BCUT2D eigenvalue weighted by atomic mass is 32.2. The van der Waals surface area contributed by atoms with E-state index in [2.05, 4.69) is 15.2 Å². The molecule has 0 saturated heterocycles. The number of aromatic hydroxyl groups is 1. The van der Waals surface area contributed by atoms with Crippen LogP contribution in [0.4, 0.5) is 5.69 Å². The lowest BCUT2D eigenvalue weighted by atomic mass is 10.2. The largest absolute Gasteiger partial charge is 0.504 e. The molecule has 0 aliphatic heterocycles. The van der Waals surface area contributed by atoms with Crippen molar-refractivity contribution in [2.75, 3.05) is 18.9 Å². The Hall–Kier alpha value is -4.05. The second-order valence-electron chi connectivity index (χ2n) is 6.49. The molecule has 0 aromatic heterocycles. The number of methoxy groups -OCH3 is 2. The predicted molar refractivity (Wildman–Crippen MR) is 120 cm³/mol. The minimum Gasteiger partial charge on any atom is -0.504 e. The first-order valence-corrected chi connectivity index (χ1v) is 10.8. The van der Waals surface area contributed by atoms with Crippen LogP contribution < -0.4 is 19.6 Å². The van der Waals surface area contributed by atoms with Gasteiger partial charge in [0.05, 0.1) is 25.3 Å². The number of carbonyl (C=O) groups excluding carboxylic acids is 1. The number of hydrogen-bond acceptors (Lipinski definition) is 7. The number of rotatable bonds is 8. The summed E-state index contributed by atoms with van der Waals surface area (Å²) in [4.78, 5) is 12.3. The van der Waals surface area contributed by atoms with Crippen LogP contribution in [0.3, 0.4) is 0 Å². The molecule has 3 aromatic rings. The van der Waals surface area contributed by atoms with Crippen molar-refractivity contribution in [3.63, 3.8) is 0 Å². The molecule has 1 amide bonds. The summed E-state index contributed by atoms with van der Waals surface area (Å²) >= 11 is 0. The lowest BCUT2D eigenvalue weighted by Crippen LogP contribution is -2.19. The summed E-state index contributed by atoms with van der Waals surface area (Å²) in [5, 5.41) is 13.6. The number of sulfonamides is 1. The van der Waals surface area contributed by atoms with E-state index in [1.807, 2.05) is 0 Å². The van der Waals surface area contributed by atoms with Crippen molar-refractivity contribution < 1.29 is 27.8 Å². The molecule has 3 aromatic carbocycles. The van der Waals surface area contributed by atoms with Gasteiger partial charge in [0.15, 0.2) is 11.5 Å². The fraction of sp³-hybridized carbons (Fsp3) is 0.0909. The third-order valence-corrected chi connectivity index (χ3v) is 5.71. The van der Waals surface area contributed by atoms with E-state index in [9.17, 15) is 18.3 Å². The fourth-order valence-electron chi connectivity index (χ4n) is 2.69. The van der Waals surface area contributed by atoms with Crippen molar-refractivity contribution in [3.05, 3.63) is 77.9 Å². The number of carbonyl (C=O) groups is 1. The zero-order valence-corrected chi connectivity index (χ0v) is 18.1. The highest BCUT2D eigenvalue weighted by Gasteiger charge is 2.16. The minimum absolute atomic E-state index is 0.0648. The van der Waals surface area contributed by atoms with E-state index in [-0.39, 0.29) is 16.2 Å². The van der Waals surface area contributed by atoms with Crippen molar-refractivity contribution in [3.8, 4) is 17.2 Å². The first-order chi connectivity index (χ1) is 15.3. The van der Waals surface area contributed by atoms with Gasteiger partial charge < -0.3 is 14.6 Å². The summed E-state index contributed by atoms with van der Waals surface area (Å²) in [6, 6.07) is 16.6. The maximum absolute atomic E-state index is 12.7. The van der Waals surface area contributed by atoms with Crippen molar-refractivity contribution >= 4 is 27.8 Å². The van der Waals surface area contributed by atoms with Crippen LogP contribution in [0.5, 0.6) is 17.2 Å². The normalized spacial score (nSPS) is 11.2. The van der Waals surface area contributed by atoms with Gasteiger partial charge in [-0.1, -0.05) is 6.07 Å². The Bertz CT molecular complexity index is 1240. The summed E-state index contributed by atoms with van der Waals surface area (Å²) in [5.41, 5.74) is 3.32. The number of hydrogen-bond donors (Lipinski definition) is 3. The number of anilines is 1. The molecule has 0 radical (unpaired) electrons. The second-order valence-corrected chi connectivity index (χ2v) is 8.17. The molecule has 9 nitrogen and oxygen atoms in total. The summed E-state index contributed by atoms with van der Waals surface area (Å²) in [7, 11) is -0.964. The Morgan fingerprint density at radius 3 is 2.41 bits per heavy atom. The summed E-state index contributed by atoms with van der Waals surface area (Å²) < 4.78 is 37.8. The molecule has 0 unspecified atom stereocenters. The Labute approximate surface area is 185 Å². The molecule has 0 spiro atoms. The van der Waals surface area contributed by atoms with Gasteiger partial charge in [0.25, 0.3) is 15.9 Å². The molecule has 0 bridgehead atoms. The minimum atomic E-state index is -3.91. The SMILES string of the molecule is COc1ccc(NS(=O)(=O)c2cccc(C(=O)N/N=C\c3ccc(OC)c(O)c3)c2)cc1. The first-order valence-electron chi connectivity index (χ1n) is 9.30. The third-order valence-electron chi connectivity index (χ3n) is 4.33. The number of amides is 1. The molecule has 3 N–H and O–H groups in total. The quantitative estimate of drug-likeness (QED) is 0.354. The molecule has 0 fully saturated rings. The highest BCUT2D eigenvalue weighted by Crippen LogP contribution is 2.25. The molecular weight excluding hydrogens is 434 g/mol. The number of nitrogens with zero attached hydrogens (tertiary/aromatic N) is 1. The molecule has 0 heterocycles. The zero-order chi connectivity index (χ0) is 23.1. The van der Waals surface area contributed by atoms with Crippen LogP contribution in [0.25, 0.3) is 0 Å². The van der Waals surface area contributed by atoms with E-state index in [1.165, 1.54) is 50.8 Å². The van der Waals surface area contributed by atoms with Crippen LogP contribution >= 0.6 is 0 Å². The Morgan fingerprint density at radius 2 is 1.75 bits per heavy atom. The average molecular weight is 455 g/mol. The van der Waals surface area contributed by atoms with E-state index in [1.54, 1.807) is 36.4 Å². The molecule has 0 atom stereocenters. The van der Waals surface area contributed by atoms with Crippen molar-refractivity contribution in [1.29, 1.82) is 0 Å². The van der Waals surface area contributed by atoms with Crippen LogP contribution in [0.15, 0.2) is 76.7 Å². The van der Waals surface area contributed by atoms with E-state index in [0.717, 1.165) is 0 Å². The first kappa shape index (κ1) is 22.6. The maximum Gasteiger partial charge on any atom is 0.271 e. The fourth-order valence-corrected chi connectivity index (χ4v) is 3.80. The van der Waals surface area contributed by atoms with E-state index < -0.39 is 15.9 Å². The zero-order valence-electron chi connectivity index (χ0n) is 17.3. The Balaban J connectivity index is 1.70.